The Bertz CT molecular complexity index is 908. The number of carbonyl (C=O) groups is 2. The molecule has 6 heteroatoms. The third-order valence-corrected chi connectivity index (χ3v) is 6.07. The number of hydrogen-bond acceptors (Lipinski definition) is 4. The van der Waals surface area contributed by atoms with E-state index in [0.717, 1.165) is 55.7 Å². The maximum atomic E-state index is 12.5. The maximum absolute atomic E-state index is 12.5. The minimum atomic E-state index is -0.159. The lowest BCUT2D eigenvalue weighted by Crippen LogP contribution is -2.38. The number of hydrogen-bond donors (Lipinski definition) is 2. The van der Waals surface area contributed by atoms with Crippen LogP contribution in [0.1, 0.15) is 53.6 Å². The van der Waals surface area contributed by atoms with Crippen molar-refractivity contribution in [2.75, 3.05) is 18.4 Å². The predicted octanol–water partition coefficient (Wildman–Crippen LogP) is 3.52. The SMILES string of the molecule is Cc1cncc(C(=O)Nc2cccc(CN3CCC(C(=O)NC4CCCC4)C3)c2)c1. The number of pyridine rings is 1. The van der Waals surface area contributed by atoms with Crippen LogP contribution in [0.4, 0.5) is 5.69 Å². The van der Waals surface area contributed by atoms with Crippen molar-refractivity contribution in [3.05, 3.63) is 59.4 Å². The molecule has 2 N–H and O–H groups in total. The van der Waals surface area contributed by atoms with Crippen LogP contribution in [0.25, 0.3) is 0 Å². The Balaban J connectivity index is 1.31. The first kappa shape index (κ1) is 20.5. The molecule has 0 bridgehead atoms. The molecule has 4 rings (SSSR count). The van der Waals surface area contributed by atoms with Crippen molar-refractivity contribution >= 4 is 17.5 Å². The third-order valence-electron chi connectivity index (χ3n) is 6.07. The summed E-state index contributed by atoms with van der Waals surface area (Å²) in [6.07, 6.45) is 8.93. The number of nitrogens with zero attached hydrogens (tertiary/aromatic N) is 2. The average molecular weight is 407 g/mol. The first-order valence-corrected chi connectivity index (χ1v) is 10.9. The van der Waals surface area contributed by atoms with Gasteiger partial charge in [0.15, 0.2) is 0 Å². The summed E-state index contributed by atoms with van der Waals surface area (Å²) in [4.78, 5) is 31.4. The van der Waals surface area contributed by atoms with Crippen molar-refractivity contribution in [1.82, 2.24) is 15.2 Å². The van der Waals surface area contributed by atoms with E-state index in [4.69, 9.17) is 0 Å². The van der Waals surface area contributed by atoms with E-state index in [1.807, 2.05) is 31.2 Å². The summed E-state index contributed by atoms with van der Waals surface area (Å²) in [5, 5.41) is 6.19. The van der Waals surface area contributed by atoms with Crippen LogP contribution in [0.5, 0.6) is 0 Å². The molecule has 0 radical (unpaired) electrons. The molecule has 2 aromatic rings. The zero-order valence-electron chi connectivity index (χ0n) is 17.6. The fourth-order valence-corrected chi connectivity index (χ4v) is 4.47. The van der Waals surface area contributed by atoms with Crippen molar-refractivity contribution in [2.45, 2.75) is 51.6 Å². The van der Waals surface area contributed by atoms with Gasteiger partial charge in [-0.05, 0) is 62.1 Å². The minimum Gasteiger partial charge on any atom is -0.353 e. The molecule has 2 amide bonds. The Morgan fingerprint density at radius 2 is 1.97 bits per heavy atom. The highest BCUT2D eigenvalue weighted by atomic mass is 16.2. The zero-order chi connectivity index (χ0) is 20.9. The van der Waals surface area contributed by atoms with Gasteiger partial charge in [-0.1, -0.05) is 25.0 Å². The van der Waals surface area contributed by atoms with Gasteiger partial charge in [0.2, 0.25) is 5.91 Å². The summed E-state index contributed by atoms with van der Waals surface area (Å²) in [7, 11) is 0. The van der Waals surface area contributed by atoms with E-state index in [1.165, 1.54) is 12.8 Å². The molecule has 2 aliphatic rings. The van der Waals surface area contributed by atoms with Crippen molar-refractivity contribution in [1.29, 1.82) is 0 Å². The molecule has 1 saturated heterocycles. The van der Waals surface area contributed by atoms with Crippen molar-refractivity contribution in [3.63, 3.8) is 0 Å². The monoisotopic (exact) mass is 406 g/mol. The van der Waals surface area contributed by atoms with E-state index < -0.39 is 0 Å². The van der Waals surface area contributed by atoms with Crippen LogP contribution < -0.4 is 10.6 Å². The van der Waals surface area contributed by atoms with E-state index in [9.17, 15) is 9.59 Å². The second kappa shape index (κ2) is 9.39. The van der Waals surface area contributed by atoms with Gasteiger partial charge in [0.25, 0.3) is 5.91 Å². The largest absolute Gasteiger partial charge is 0.353 e. The number of benzene rings is 1. The van der Waals surface area contributed by atoms with Gasteiger partial charge in [-0.15, -0.1) is 0 Å². The molecule has 0 spiro atoms. The quantitative estimate of drug-likeness (QED) is 0.770. The maximum Gasteiger partial charge on any atom is 0.257 e. The molecule has 1 aliphatic carbocycles. The number of rotatable bonds is 6. The van der Waals surface area contributed by atoms with Crippen molar-refractivity contribution in [3.8, 4) is 0 Å². The summed E-state index contributed by atoms with van der Waals surface area (Å²) in [6, 6.07) is 10.1. The Morgan fingerprint density at radius 1 is 1.13 bits per heavy atom. The predicted molar refractivity (Wildman–Crippen MR) is 117 cm³/mol. The van der Waals surface area contributed by atoms with E-state index in [-0.39, 0.29) is 17.7 Å². The first-order chi connectivity index (χ1) is 14.6. The Kier molecular flexibility index (Phi) is 6.43. The molecule has 1 aromatic heterocycles. The lowest BCUT2D eigenvalue weighted by Gasteiger charge is -2.18. The Labute approximate surface area is 178 Å². The lowest BCUT2D eigenvalue weighted by molar-refractivity contribution is -0.125. The highest BCUT2D eigenvalue weighted by molar-refractivity contribution is 6.04. The standard InChI is InChI=1S/C24H30N4O2/c1-17-11-20(14-25-13-17)24(30)27-22-8-4-5-18(12-22)15-28-10-9-19(16-28)23(29)26-21-6-2-3-7-21/h4-5,8,11-14,19,21H,2-3,6-7,9-10,15-16H2,1H3,(H,26,29)(H,27,30). The van der Waals surface area contributed by atoms with Crippen LogP contribution in [-0.2, 0) is 11.3 Å². The van der Waals surface area contributed by atoms with Crippen molar-refractivity contribution < 1.29 is 9.59 Å². The second-order valence-corrected chi connectivity index (χ2v) is 8.62. The molecular formula is C24H30N4O2. The van der Waals surface area contributed by atoms with Crippen LogP contribution in [-0.4, -0.2) is 40.8 Å². The molecule has 1 aliphatic heterocycles. The summed E-state index contributed by atoms with van der Waals surface area (Å²) in [5.41, 5.74) is 3.41. The van der Waals surface area contributed by atoms with E-state index >= 15 is 0 Å². The van der Waals surface area contributed by atoms with Gasteiger partial charge in [-0.25, -0.2) is 0 Å². The number of aryl methyl sites for hydroxylation is 1. The molecule has 1 unspecified atom stereocenters. The van der Waals surface area contributed by atoms with E-state index in [1.54, 1.807) is 12.4 Å². The summed E-state index contributed by atoms with van der Waals surface area (Å²) in [5.74, 6) is 0.146. The molecule has 1 aromatic carbocycles. The fraction of sp³-hybridized carbons (Fsp3) is 0.458. The van der Waals surface area contributed by atoms with Crippen LogP contribution in [0, 0.1) is 12.8 Å². The number of aromatic nitrogens is 1. The Morgan fingerprint density at radius 3 is 2.77 bits per heavy atom. The zero-order valence-corrected chi connectivity index (χ0v) is 17.6. The molecular weight excluding hydrogens is 376 g/mol. The molecule has 1 saturated carbocycles. The minimum absolute atomic E-state index is 0.0855. The normalized spacial score (nSPS) is 19.7. The van der Waals surface area contributed by atoms with Crippen LogP contribution in [0.15, 0.2) is 42.7 Å². The summed E-state index contributed by atoms with van der Waals surface area (Å²) < 4.78 is 0. The average Bonchev–Trinajstić information content (AvgIpc) is 3.40. The number of amides is 2. The van der Waals surface area contributed by atoms with Crippen LogP contribution >= 0.6 is 0 Å². The first-order valence-electron chi connectivity index (χ1n) is 10.9. The third kappa shape index (κ3) is 5.25. The molecule has 158 valence electrons. The Hall–Kier alpha value is -2.73. The molecule has 2 fully saturated rings. The van der Waals surface area contributed by atoms with E-state index in [0.29, 0.717) is 11.6 Å². The highest BCUT2D eigenvalue weighted by Crippen LogP contribution is 2.23. The number of likely N-dealkylation sites (tertiary alicyclic amines) is 1. The van der Waals surface area contributed by atoms with Gasteiger partial charge in [0.05, 0.1) is 11.5 Å². The highest BCUT2D eigenvalue weighted by Gasteiger charge is 2.30. The number of anilines is 1. The summed E-state index contributed by atoms with van der Waals surface area (Å²) >= 11 is 0. The van der Waals surface area contributed by atoms with Gasteiger partial charge >= 0.3 is 0 Å². The molecule has 6 nitrogen and oxygen atoms in total. The van der Waals surface area contributed by atoms with Gasteiger partial charge < -0.3 is 10.6 Å². The van der Waals surface area contributed by atoms with Crippen LogP contribution in [0.2, 0.25) is 0 Å². The second-order valence-electron chi connectivity index (χ2n) is 8.62. The van der Waals surface area contributed by atoms with E-state index in [2.05, 4.69) is 26.6 Å². The lowest BCUT2D eigenvalue weighted by atomic mass is 10.1. The van der Waals surface area contributed by atoms with Gasteiger partial charge in [0.1, 0.15) is 0 Å². The number of nitrogens with one attached hydrogen (secondary N) is 2. The van der Waals surface area contributed by atoms with Crippen molar-refractivity contribution in [2.24, 2.45) is 5.92 Å². The summed E-state index contributed by atoms with van der Waals surface area (Å²) in [6.45, 7) is 4.42. The molecule has 30 heavy (non-hydrogen) atoms. The smallest absolute Gasteiger partial charge is 0.257 e. The fourth-order valence-electron chi connectivity index (χ4n) is 4.47. The molecule has 2 heterocycles. The molecule has 1 atom stereocenters. The number of carbonyl (C=O) groups excluding carboxylic acids is 2. The van der Waals surface area contributed by atoms with Crippen LogP contribution in [0.3, 0.4) is 0 Å². The van der Waals surface area contributed by atoms with Gasteiger partial charge in [-0.3, -0.25) is 19.5 Å². The van der Waals surface area contributed by atoms with Gasteiger partial charge in [0, 0.05) is 37.2 Å². The van der Waals surface area contributed by atoms with Gasteiger partial charge in [-0.2, -0.15) is 0 Å². The topological polar surface area (TPSA) is 74.3 Å².